The van der Waals surface area contributed by atoms with Crippen molar-refractivity contribution in [1.29, 1.82) is 0 Å². The molecule has 0 aliphatic heterocycles. The molecule has 0 aliphatic carbocycles. The second-order valence-corrected chi connectivity index (χ2v) is 4.81. The zero-order valence-corrected chi connectivity index (χ0v) is 16.5. The fourth-order valence-electron chi connectivity index (χ4n) is 1.85. The molecule has 0 spiro atoms. The van der Waals surface area contributed by atoms with Crippen molar-refractivity contribution in [2.45, 2.75) is 32.7 Å². The Kier molecular flexibility index (Phi) is 11.3. The number of halogens is 6. The molecule has 0 heterocycles. The van der Waals surface area contributed by atoms with Crippen LogP contribution in [0.5, 0.6) is 11.5 Å². The molecule has 0 saturated heterocycles. The fraction of sp³-hybridized carbons (Fsp3) is 0.533. The lowest BCUT2D eigenvalue weighted by Crippen LogP contribution is -2.38. The predicted molar refractivity (Wildman–Crippen MR) is 98.5 cm³/mol. The summed E-state index contributed by atoms with van der Waals surface area (Å²) in [5.41, 5.74) is 0.656. The molecule has 1 aromatic rings. The van der Waals surface area contributed by atoms with Gasteiger partial charge in [-0.3, -0.25) is 4.99 Å². The molecule has 0 bridgehead atoms. The molecule has 0 unspecified atom stereocenters. The van der Waals surface area contributed by atoms with E-state index < -0.39 is 19.2 Å². The summed E-state index contributed by atoms with van der Waals surface area (Å²) in [6.45, 7) is -1.12. The molecule has 0 amide bonds. The molecular formula is C15H21F5IN3O2. The van der Waals surface area contributed by atoms with E-state index in [1.54, 1.807) is 6.92 Å². The minimum absolute atomic E-state index is 0. The second kappa shape index (κ2) is 12.0. The average Bonchev–Trinajstić information content (AvgIpc) is 2.51. The lowest BCUT2D eigenvalue weighted by molar-refractivity contribution is -0.132. The number of guanidine groups is 1. The number of nitrogens with one attached hydrogen (secondary N) is 2. The van der Waals surface area contributed by atoms with Crippen molar-refractivity contribution in [3.05, 3.63) is 23.8 Å². The molecule has 26 heavy (non-hydrogen) atoms. The fourth-order valence-corrected chi connectivity index (χ4v) is 1.85. The predicted octanol–water partition coefficient (Wildman–Crippen LogP) is 3.92. The van der Waals surface area contributed by atoms with E-state index in [4.69, 9.17) is 4.74 Å². The Hall–Kier alpha value is -1.53. The quantitative estimate of drug-likeness (QED) is 0.248. The van der Waals surface area contributed by atoms with Crippen LogP contribution in [0.15, 0.2) is 23.2 Å². The van der Waals surface area contributed by atoms with Crippen molar-refractivity contribution in [2.24, 2.45) is 4.99 Å². The summed E-state index contributed by atoms with van der Waals surface area (Å²) in [5.74, 6) is 0.255. The van der Waals surface area contributed by atoms with Crippen LogP contribution in [0, 0.1) is 0 Å². The first-order valence-electron chi connectivity index (χ1n) is 7.47. The number of nitrogens with zero attached hydrogens (tertiary/aromatic N) is 1. The standard InChI is InChI=1S/C15H20F5N3O2.HI/c1-3-24-12-8-10(4-5-11(12)25-13(16)17)9-23-14(21-2)22-7-6-15(18,19)20;/h4-5,8,13H,3,6-7,9H2,1-2H3,(H2,21,22,23);1H. The van der Waals surface area contributed by atoms with Gasteiger partial charge in [-0.05, 0) is 24.6 Å². The van der Waals surface area contributed by atoms with Crippen LogP contribution in [0.3, 0.4) is 0 Å². The summed E-state index contributed by atoms with van der Waals surface area (Å²) >= 11 is 0. The van der Waals surface area contributed by atoms with Crippen LogP contribution >= 0.6 is 24.0 Å². The van der Waals surface area contributed by atoms with E-state index in [1.165, 1.54) is 25.2 Å². The Balaban J connectivity index is 0.00000625. The minimum atomic E-state index is -4.25. The lowest BCUT2D eigenvalue weighted by atomic mass is 10.2. The summed E-state index contributed by atoms with van der Waals surface area (Å²) in [6.07, 6.45) is -5.24. The molecule has 150 valence electrons. The maximum Gasteiger partial charge on any atom is 0.390 e. The van der Waals surface area contributed by atoms with E-state index in [2.05, 4.69) is 20.4 Å². The van der Waals surface area contributed by atoms with Crippen LogP contribution in [-0.2, 0) is 6.54 Å². The number of hydrogen-bond donors (Lipinski definition) is 2. The van der Waals surface area contributed by atoms with Crippen LogP contribution in [0.1, 0.15) is 18.9 Å². The van der Waals surface area contributed by atoms with Crippen molar-refractivity contribution in [2.75, 3.05) is 20.2 Å². The highest BCUT2D eigenvalue weighted by Gasteiger charge is 2.26. The van der Waals surface area contributed by atoms with Crippen molar-refractivity contribution in [3.63, 3.8) is 0 Å². The van der Waals surface area contributed by atoms with E-state index in [9.17, 15) is 22.0 Å². The van der Waals surface area contributed by atoms with Gasteiger partial charge in [-0.15, -0.1) is 24.0 Å². The van der Waals surface area contributed by atoms with Gasteiger partial charge in [-0.25, -0.2) is 0 Å². The maximum absolute atomic E-state index is 12.3. The van der Waals surface area contributed by atoms with Crippen LogP contribution in [-0.4, -0.2) is 38.9 Å². The topological polar surface area (TPSA) is 54.9 Å². The molecule has 0 radical (unpaired) electrons. The third-order valence-corrected chi connectivity index (χ3v) is 2.91. The van der Waals surface area contributed by atoms with Crippen molar-refractivity contribution in [1.82, 2.24) is 10.6 Å². The van der Waals surface area contributed by atoms with E-state index in [0.29, 0.717) is 5.56 Å². The number of aliphatic imine (C=N–C) groups is 1. The third-order valence-electron chi connectivity index (χ3n) is 2.91. The zero-order valence-electron chi connectivity index (χ0n) is 14.2. The van der Waals surface area contributed by atoms with E-state index >= 15 is 0 Å². The number of ether oxygens (including phenoxy) is 2. The van der Waals surface area contributed by atoms with Gasteiger partial charge in [0.25, 0.3) is 0 Å². The molecule has 0 aromatic heterocycles. The molecular weight excluding hydrogens is 476 g/mol. The monoisotopic (exact) mass is 497 g/mol. The first kappa shape index (κ1) is 24.5. The van der Waals surface area contributed by atoms with Crippen LogP contribution in [0.25, 0.3) is 0 Å². The SMILES string of the molecule is CCOc1cc(CNC(=NC)NCCC(F)(F)F)ccc1OC(F)F.I. The summed E-state index contributed by atoms with van der Waals surface area (Å²) < 4.78 is 70.7. The van der Waals surface area contributed by atoms with Gasteiger partial charge < -0.3 is 20.1 Å². The summed E-state index contributed by atoms with van der Waals surface area (Å²) in [5, 5.41) is 5.37. The minimum Gasteiger partial charge on any atom is -0.490 e. The van der Waals surface area contributed by atoms with Crippen LogP contribution in [0.2, 0.25) is 0 Å². The van der Waals surface area contributed by atoms with Gasteiger partial charge in [0, 0.05) is 20.1 Å². The number of benzene rings is 1. The van der Waals surface area contributed by atoms with Gasteiger partial charge in [0.15, 0.2) is 17.5 Å². The van der Waals surface area contributed by atoms with Gasteiger partial charge >= 0.3 is 12.8 Å². The average molecular weight is 497 g/mol. The zero-order chi connectivity index (χ0) is 18.9. The van der Waals surface area contributed by atoms with Crippen LogP contribution in [0.4, 0.5) is 22.0 Å². The highest BCUT2D eigenvalue weighted by atomic mass is 127. The summed E-state index contributed by atoms with van der Waals surface area (Å²) in [7, 11) is 1.42. The molecule has 5 nitrogen and oxygen atoms in total. The summed E-state index contributed by atoms with van der Waals surface area (Å²) in [4.78, 5) is 3.81. The van der Waals surface area contributed by atoms with Crippen molar-refractivity contribution < 1.29 is 31.4 Å². The number of rotatable bonds is 8. The van der Waals surface area contributed by atoms with Crippen molar-refractivity contribution >= 4 is 29.9 Å². The lowest BCUT2D eigenvalue weighted by Gasteiger charge is -2.15. The second-order valence-electron chi connectivity index (χ2n) is 4.81. The maximum atomic E-state index is 12.3. The van der Waals surface area contributed by atoms with Crippen LogP contribution < -0.4 is 20.1 Å². The molecule has 11 heteroatoms. The van der Waals surface area contributed by atoms with Crippen molar-refractivity contribution in [3.8, 4) is 11.5 Å². The molecule has 1 rings (SSSR count). The van der Waals surface area contributed by atoms with Gasteiger partial charge in [0.2, 0.25) is 0 Å². The Labute approximate surface area is 165 Å². The molecule has 1 aromatic carbocycles. The van der Waals surface area contributed by atoms with E-state index in [0.717, 1.165) is 0 Å². The highest BCUT2D eigenvalue weighted by molar-refractivity contribution is 14.0. The number of hydrogen-bond acceptors (Lipinski definition) is 3. The van der Waals surface area contributed by atoms with Gasteiger partial charge in [0.05, 0.1) is 13.0 Å². The third kappa shape index (κ3) is 9.82. The Morgan fingerprint density at radius 3 is 2.42 bits per heavy atom. The molecule has 0 aliphatic rings. The van der Waals surface area contributed by atoms with E-state index in [1.807, 2.05) is 0 Å². The molecule has 0 atom stereocenters. The first-order chi connectivity index (χ1) is 11.7. The Bertz CT molecular complexity index is 571. The Morgan fingerprint density at radius 1 is 1.19 bits per heavy atom. The molecule has 0 saturated carbocycles. The highest BCUT2D eigenvalue weighted by Crippen LogP contribution is 2.29. The van der Waals surface area contributed by atoms with Gasteiger partial charge in [-0.1, -0.05) is 6.07 Å². The van der Waals surface area contributed by atoms with Gasteiger partial charge in [-0.2, -0.15) is 22.0 Å². The molecule has 0 fully saturated rings. The van der Waals surface area contributed by atoms with E-state index in [-0.39, 0.29) is 61.1 Å². The Morgan fingerprint density at radius 2 is 1.88 bits per heavy atom. The summed E-state index contributed by atoms with van der Waals surface area (Å²) in [6, 6.07) is 4.39. The normalized spacial score (nSPS) is 11.8. The molecule has 2 N–H and O–H groups in total. The largest absolute Gasteiger partial charge is 0.490 e. The smallest absolute Gasteiger partial charge is 0.390 e. The van der Waals surface area contributed by atoms with Gasteiger partial charge in [0.1, 0.15) is 0 Å². The first-order valence-corrected chi connectivity index (χ1v) is 7.47. The number of alkyl halides is 5.